The van der Waals surface area contributed by atoms with Gasteiger partial charge in [0.2, 0.25) is 11.8 Å². The quantitative estimate of drug-likeness (QED) is 0.874. The second-order valence-electron chi connectivity index (χ2n) is 8.09. The van der Waals surface area contributed by atoms with E-state index in [0.29, 0.717) is 0 Å². The molecule has 5 heteroatoms. The molecule has 2 amide bonds. The summed E-state index contributed by atoms with van der Waals surface area (Å²) in [5.74, 6) is -0.146. The molecule has 1 saturated heterocycles. The van der Waals surface area contributed by atoms with Crippen molar-refractivity contribution in [3.63, 3.8) is 0 Å². The molecule has 2 aliphatic heterocycles. The Morgan fingerprint density at radius 2 is 1.88 bits per heavy atom. The number of hydrogen-bond acceptors (Lipinski definition) is 3. The number of carbonyl (C=O) groups is 2. The van der Waals surface area contributed by atoms with Gasteiger partial charge in [-0.1, -0.05) is 31.0 Å². The first-order chi connectivity index (χ1) is 12.6. The van der Waals surface area contributed by atoms with Gasteiger partial charge < -0.3 is 15.5 Å². The monoisotopic (exact) mass is 355 g/mol. The number of amides is 2. The van der Waals surface area contributed by atoms with Crippen molar-refractivity contribution in [2.24, 2.45) is 11.8 Å². The molecule has 0 aromatic heterocycles. The summed E-state index contributed by atoms with van der Waals surface area (Å²) in [6.45, 7) is 3.91. The topological polar surface area (TPSA) is 61.4 Å². The predicted molar refractivity (Wildman–Crippen MR) is 102 cm³/mol. The lowest BCUT2D eigenvalue weighted by molar-refractivity contribution is -0.135. The Morgan fingerprint density at radius 3 is 2.65 bits per heavy atom. The van der Waals surface area contributed by atoms with Gasteiger partial charge >= 0.3 is 0 Å². The maximum atomic E-state index is 13.5. The highest BCUT2D eigenvalue weighted by Crippen LogP contribution is 2.38. The van der Waals surface area contributed by atoms with Crippen LogP contribution in [0.1, 0.15) is 44.6 Å². The number of hydrogen-bond donors (Lipinski definition) is 2. The molecule has 0 radical (unpaired) electrons. The molecular weight excluding hydrogens is 326 g/mol. The van der Waals surface area contributed by atoms with Crippen molar-refractivity contribution >= 4 is 17.5 Å². The number of nitrogens with zero attached hydrogens (tertiary/aromatic N) is 1. The van der Waals surface area contributed by atoms with Crippen LogP contribution in [0.15, 0.2) is 24.3 Å². The number of anilines is 1. The summed E-state index contributed by atoms with van der Waals surface area (Å²) in [5.41, 5.74) is 2.27. The van der Waals surface area contributed by atoms with Gasteiger partial charge in [-0.25, -0.2) is 0 Å². The first-order valence-corrected chi connectivity index (χ1v) is 10.1. The standard InChI is InChI=1S/C21H29N3O2/c1-14-12-15-6-2-5-9-19(15)24(14)21(26)18-8-4-3-7-17(18)20(25)23-16-10-11-22-13-16/h2,5-6,9,14,16-18,22H,3-4,7-8,10-13H2,1H3,(H,23,25). The molecule has 2 fully saturated rings. The number of nitrogens with one attached hydrogen (secondary N) is 2. The zero-order chi connectivity index (χ0) is 18.1. The van der Waals surface area contributed by atoms with Crippen molar-refractivity contribution in [1.82, 2.24) is 10.6 Å². The van der Waals surface area contributed by atoms with E-state index in [-0.39, 0.29) is 35.7 Å². The zero-order valence-electron chi connectivity index (χ0n) is 15.5. The summed E-state index contributed by atoms with van der Waals surface area (Å²) in [5, 5.41) is 6.47. The van der Waals surface area contributed by atoms with E-state index in [4.69, 9.17) is 0 Å². The Morgan fingerprint density at radius 1 is 1.12 bits per heavy atom. The van der Waals surface area contributed by atoms with E-state index in [1.54, 1.807) is 0 Å². The van der Waals surface area contributed by atoms with Crippen LogP contribution < -0.4 is 15.5 Å². The third-order valence-electron chi connectivity index (χ3n) is 6.27. The van der Waals surface area contributed by atoms with Gasteiger partial charge in [-0.3, -0.25) is 9.59 Å². The molecule has 4 atom stereocenters. The van der Waals surface area contributed by atoms with Crippen LogP contribution in [0.5, 0.6) is 0 Å². The second-order valence-corrected chi connectivity index (χ2v) is 8.09. The lowest BCUT2D eigenvalue weighted by atomic mass is 9.77. The number of fused-ring (bicyclic) bond motifs is 1. The summed E-state index contributed by atoms with van der Waals surface area (Å²) in [6, 6.07) is 8.56. The van der Waals surface area contributed by atoms with Crippen molar-refractivity contribution in [1.29, 1.82) is 0 Å². The Kier molecular flexibility index (Phi) is 4.98. The minimum atomic E-state index is -0.188. The van der Waals surface area contributed by atoms with Crippen LogP contribution in [-0.2, 0) is 16.0 Å². The molecule has 1 aliphatic carbocycles. The molecule has 2 N–H and O–H groups in total. The molecule has 3 aliphatic rings. The Bertz CT molecular complexity index is 684. The Hall–Kier alpha value is -1.88. The van der Waals surface area contributed by atoms with Gasteiger partial charge in [0.1, 0.15) is 0 Å². The average molecular weight is 355 g/mol. The van der Waals surface area contributed by atoms with E-state index in [9.17, 15) is 9.59 Å². The highest BCUT2D eigenvalue weighted by atomic mass is 16.2. The van der Waals surface area contributed by atoms with Gasteiger partial charge in [-0.2, -0.15) is 0 Å². The third kappa shape index (κ3) is 3.25. The van der Waals surface area contributed by atoms with Gasteiger partial charge in [0.25, 0.3) is 0 Å². The molecule has 4 rings (SSSR count). The van der Waals surface area contributed by atoms with Crippen LogP contribution in [0, 0.1) is 11.8 Å². The van der Waals surface area contributed by atoms with Gasteiger partial charge in [0, 0.05) is 30.2 Å². The van der Waals surface area contributed by atoms with Crippen LogP contribution in [-0.4, -0.2) is 37.0 Å². The Labute approximate surface area is 155 Å². The second kappa shape index (κ2) is 7.39. The van der Waals surface area contributed by atoms with Crippen molar-refractivity contribution in [2.45, 2.75) is 57.5 Å². The number of para-hydroxylation sites is 1. The average Bonchev–Trinajstić information content (AvgIpc) is 3.27. The van der Waals surface area contributed by atoms with E-state index in [0.717, 1.165) is 57.3 Å². The largest absolute Gasteiger partial charge is 0.352 e. The van der Waals surface area contributed by atoms with Crippen molar-refractivity contribution in [3.05, 3.63) is 29.8 Å². The molecule has 26 heavy (non-hydrogen) atoms. The zero-order valence-corrected chi connectivity index (χ0v) is 15.5. The molecule has 5 nitrogen and oxygen atoms in total. The molecule has 140 valence electrons. The minimum absolute atomic E-state index is 0.0804. The first-order valence-electron chi connectivity index (χ1n) is 10.1. The van der Waals surface area contributed by atoms with Gasteiger partial charge in [0.15, 0.2) is 0 Å². The highest BCUT2D eigenvalue weighted by Gasteiger charge is 2.41. The van der Waals surface area contributed by atoms with E-state index < -0.39 is 0 Å². The van der Waals surface area contributed by atoms with Gasteiger partial charge in [-0.15, -0.1) is 0 Å². The van der Waals surface area contributed by atoms with E-state index in [1.165, 1.54) is 5.56 Å². The fourth-order valence-electron chi connectivity index (χ4n) is 4.91. The normalized spacial score (nSPS) is 30.9. The molecular formula is C21H29N3O2. The maximum Gasteiger partial charge on any atom is 0.231 e. The van der Waals surface area contributed by atoms with Gasteiger partial charge in [-0.05, 0) is 50.8 Å². The smallest absolute Gasteiger partial charge is 0.231 e. The molecule has 1 aromatic rings. The van der Waals surface area contributed by atoms with Crippen LogP contribution in [0.25, 0.3) is 0 Å². The minimum Gasteiger partial charge on any atom is -0.352 e. The van der Waals surface area contributed by atoms with Crippen molar-refractivity contribution < 1.29 is 9.59 Å². The lowest BCUT2D eigenvalue weighted by Gasteiger charge is -2.35. The summed E-state index contributed by atoms with van der Waals surface area (Å²) >= 11 is 0. The fourth-order valence-corrected chi connectivity index (χ4v) is 4.91. The van der Waals surface area contributed by atoms with Crippen LogP contribution in [0.2, 0.25) is 0 Å². The summed E-state index contributed by atoms with van der Waals surface area (Å²) in [7, 11) is 0. The molecule has 0 bridgehead atoms. The summed E-state index contributed by atoms with van der Waals surface area (Å²) in [4.78, 5) is 28.3. The first kappa shape index (κ1) is 17.5. The summed E-state index contributed by atoms with van der Waals surface area (Å²) < 4.78 is 0. The molecule has 1 aromatic carbocycles. The third-order valence-corrected chi connectivity index (χ3v) is 6.27. The Balaban J connectivity index is 1.52. The predicted octanol–water partition coefficient (Wildman–Crippen LogP) is 2.25. The maximum absolute atomic E-state index is 13.5. The fraction of sp³-hybridized carbons (Fsp3) is 0.619. The van der Waals surface area contributed by atoms with E-state index >= 15 is 0 Å². The SMILES string of the molecule is CC1Cc2ccccc2N1C(=O)C1CCCCC1C(=O)NC1CCNC1. The van der Waals surface area contributed by atoms with E-state index in [1.807, 2.05) is 23.1 Å². The number of carbonyl (C=O) groups excluding carboxylic acids is 2. The number of benzene rings is 1. The molecule has 1 saturated carbocycles. The number of rotatable bonds is 3. The van der Waals surface area contributed by atoms with Crippen molar-refractivity contribution in [2.75, 3.05) is 18.0 Å². The van der Waals surface area contributed by atoms with Crippen LogP contribution >= 0.6 is 0 Å². The molecule has 2 heterocycles. The highest BCUT2D eigenvalue weighted by molar-refractivity contribution is 6.00. The van der Waals surface area contributed by atoms with Crippen LogP contribution in [0.3, 0.4) is 0 Å². The summed E-state index contributed by atoms with van der Waals surface area (Å²) in [6.07, 6.45) is 5.61. The molecule has 0 spiro atoms. The van der Waals surface area contributed by atoms with Gasteiger partial charge in [0.05, 0.1) is 5.92 Å². The van der Waals surface area contributed by atoms with Crippen LogP contribution in [0.4, 0.5) is 5.69 Å². The van der Waals surface area contributed by atoms with Crippen molar-refractivity contribution in [3.8, 4) is 0 Å². The van der Waals surface area contributed by atoms with E-state index in [2.05, 4.69) is 23.6 Å². The lowest BCUT2D eigenvalue weighted by Crippen LogP contribution is -2.49. The molecule has 4 unspecified atom stereocenters.